The highest BCUT2D eigenvalue weighted by atomic mass is 15.0. The van der Waals surface area contributed by atoms with Crippen LogP contribution in [0.5, 0.6) is 0 Å². The highest BCUT2D eigenvalue weighted by molar-refractivity contribution is 5.68. The van der Waals surface area contributed by atoms with Crippen molar-refractivity contribution in [2.45, 2.75) is 20.3 Å². The van der Waals surface area contributed by atoms with E-state index in [0.29, 0.717) is 0 Å². The predicted molar refractivity (Wildman–Crippen MR) is 79.8 cm³/mol. The summed E-state index contributed by atoms with van der Waals surface area (Å²) in [5.41, 5.74) is 4.06. The molecule has 3 rings (SSSR count). The lowest BCUT2D eigenvalue weighted by molar-refractivity contribution is 1.02. The van der Waals surface area contributed by atoms with E-state index in [1.165, 1.54) is 0 Å². The lowest BCUT2D eigenvalue weighted by Crippen LogP contribution is -2.07. The van der Waals surface area contributed by atoms with Gasteiger partial charge in [-0.2, -0.15) is 0 Å². The molecule has 0 aromatic carbocycles. The Bertz CT molecular complexity index is 732. The first-order valence-corrected chi connectivity index (χ1v) is 6.85. The van der Waals surface area contributed by atoms with Crippen molar-refractivity contribution in [2.75, 3.05) is 11.9 Å². The van der Waals surface area contributed by atoms with Gasteiger partial charge in [-0.3, -0.25) is 4.40 Å². The monoisotopic (exact) mass is 267 g/mol. The Hall–Kier alpha value is -2.43. The second-order valence-corrected chi connectivity index (χ2v) is 4.50. The molecule has 0 unspecified atom stereocenters. The minimum Gasteiger partial charge on any atom is -0.370 e. The van der Waals surface area contributed by atoms with Gasteiger partial charge >= 0.3 is 0 Å². The number of imidazole rings is 1. The minimum absolute atomic E-state index is 0.846. The fourth-order valence-corrected chi connectivity index (χ4v) is 2.43. The molecule has 1 N–H and O–H groups in total. The Morgan fingerprint density at radius 2 is 2.05 bits per heavy atom. The molecule has 3 heterocycles. The number of rotatable bonds is 4. The molecule has 5 heteroatoms. The number of aromatic nitrogens is 4. The molecule has 0 fully saturated rings. The normalized spacial score (nSPS) is 10.9. The van der Waals surface area contributed by atoms with Crippen LogP contribution in [0.3, 0.4) is 0 Å². The summed E-state index contributed by atoms with van der Waals surface area (Å²) in [6, 6.07) is 6.06. The Labute approximate surface area is 117 Å². The Morgan fingerprint density at radius 1 is 1.15 bits per heavy atom. The second-order valence-electron chi connectivity index (χ2n) is 4.50. The van der Waals surface area contributed by atoms with E-state index in [2.05, 4.69) is 44.6 Å². The molecule has 0 aliphatic heterocycles. The van der Waals surface area contributed by atoms with Crippen LogP contribution >= 0.6 is 0 Å². The van der Waals surface area contributed by atoms with Crippen LogP contribution in [0.4, 0.5) is 5.82 Å². The molecule has 0 spiro atoms. The largest absolute Gasteiger partial charge is 0.370 e. The van der Waals surface area contributed by atoms with Crippen molar-refractivity contribution >= 4 is 11.5 Å². The molecular weight excluding hydrogens is 250 g/mol. The van der Waals surface area contributed by atoms with Gasteiger partial charge in [0.2, 0.25) is 0 Å². The van der Waals surface area contributed by atoms with Gasteiger partial charge in [0.1, 0.15) is 17.8 Å². The third-order valence-corrected chi connectivity index (χ3v) is 3.31. The van der Waals surface area contributed by atoms with Crippen molar-refractivity contribution in [3.8, 4) is 11.4 Å². The molecule has 0 bridgehead atoms. The lowest BCUT2D eigenvalue weighted by atomic mass is 10.1. The molecule has 0 saturated carbocycles. The summed E-state index contributed by atoms with van der Waals surface area (Å²) in [6.07, 6.45) is 6.25. The Morgan fingerprint density at radius 3 is 2.85 bits per heavy atom. The number of nitrogens with one attached hydrogen (secondary N) is 1. The van der Waals surface area contributed by atoms with Gasteiger partial charge in [-0.15, -0.1) is 0 Å². The summed E-state index contributed by atoms with van der Waals surface area (Å²) in [5.74, 6) is 0.914. The van der Waals surface area contributed by atoms with Crippen molar-refractivity contribution in [1.82, 2.24) is 19.4 Å². The first kappa shape index (κ1) is 12.6. The average molecular weight is 267 g/mol. The number of nitrogens with zero attached hydrogens (tertiary/aromatic N) is 4. The summed E-state index contributed by atoms with van der Waals surface area (Å²) < 4.78 is 2.05. The maximum atomic E-state index is 4.49. The van der Waals surface area contributed by atoms with Crippen LogP contribution in [0.2, 0.25) is 0 Å². The molecule has 0 aliphatic rings. The van der Waals surface area contributed by atoms with Crippen LogP contribution in [-0.2, 0) is 6.42 Å². The Balaban J connectivity index is 2.23. The molecule has 0 radical (unpaired) electrons. The zero-order valence-corrected chi connectivity index (χ0v) is 11.7. The number of hydrogen-bond acceptors (Lipinski definition) is 4. The standard InChI is InChI=1S/C15H17N5/c1-3-11-14(18-10-19-15(11)16-4-2)12-6-5-7-13-17-8-9-20(12)13/h5-10H,3-4H2,1-2H3,(H,16,18,19). The number of anilines is 1. The van der Waals surface area contributed by atoms with Gasteiger partial charge in [-0.05, 0) is 25.5 Å². The summed E-state index contributed by atoms with van der Waals surface area (Å²) in [6.45, 7) is 5.04. The van der Waals surface area contributed by atoms with E-state index in [1.807, 2.05) is 18.3 Å². The average Bonchev–Trinajstić information content (AvgIpc) is 2.95. The van der Waals surface area contributed by atoms with E-state index in [9.17, 15) is 0 Å². The summed E-state index contributed by atoms with van der Waals surface area (Å²) in [7, 11) is 0. The molecule has 20 heavy (non-hydrogen) atoms. The van der Waals surface area contributed by atoms with Crippen molar-refractivity contribution < 1.29 is 0 Å². The molecule has 3 aromatic heterocycles. The molecule has 3 aromatic rings. The van der Waals surface area contributed by atoms with Crippen molar-refractivity contribution in [2.24, 2.45) is 0 Å². The third kappa shape index (κ3) is 2.01. The third-order valence-electron chi connectivity index (χ3n) is 3.31. The van der Waals surface area contributed by atoms with Gasteiger partial charge in [0.05, 0.1) is 11.4 Å². The number of fused-ring (bicyclic) bond motifs is 1. The van der Waals surface area contributed by atoms with Crippen LogP contribution < -0.4 is 5.32 Å². The minimum atomic E-state index is 0.846. The maximum absolute atomic E-state index is 4.49. The number of pyridine rings is 1. The van der Waals surface area contributed by atoms with Gasteiger partial charge in [-0.25, -0.2) is 15.0 Å². The van der Waals surface area contributed by atoms with E-state index in [0.717, 1.165) is 41.4 Å². The molecule has 0 saturated heterocycles. The quantitative estimate of drug-likeness (QED) is 0.789. The molecule has 102 valence electrons. The molecule has 0 aliphatic carbocycles. The summed E-state index contributed by atoms with van der Waals surface area (Å²) >= 11 is 0. The van der Waals surface area contributed by atoms with Gasteiger partial charge in [-0.1, -0.05) is 13.0 Å². The Kier molecular flexibility index (Phi) is 3.33. The van der Waals surface area contributed by atoms with E-state index in [1.54, 1.807) is 12.5 Å². The summed E-state index contributed by atoms with van der Waals surface area (Å²) in [5, 5.41) is 3.30. The van der Waals surface area contributed by atoms with Gasteiger partial charge in [0.15, 0.2) is 0 Å². The zero-order chi connectivity index (χ0) is 13.9. The molecule has 5 nitrogen and oxygen atoms in total. The van der Waals surface area contributed by atoms with E-state index in [4.69, 9.17) is 0 Å². The van der Waals surface area contributed by atoms with Crippen molar-refractivity contribution in [3.63, 3.8) is 0 Å². The smallest absolute Gasteiger partial charge is 0.137 e. The molecule has 0 atom stereocenters. The second kappa shape index (κ2) is 5.28. The van der Waals surface area contributed by atoms with Crippen molar-refractivity contribution in [3.05, 3.63) is 42.5 Å². The highest BCUT2D eigenvalue weighted by Gasteiger charge is 2.13. The SMILES string of the molecule is CCNc1ncnc(-c2cccc3nccn23)c1CC. The topological polar surface area (TPSA) is 55.1 Å². The first-order valence-electron chi connectivity index (χ1n) is 6.85. The van der Waals surface area contributed by atoms with Crippen LogP contribution in [0.1, 0.15) is 19.4 Å². The predicted octanol–water partition coefficient (Wildman–Crippen LogP) is 2.79. The van der Waals surface area contributed by atoms with Crippen molar-refractivity contribution in [1.29, 1.82) is 0 Å². The maximum Gasteiger partial charge on any atom is 0.137 e. The lowest BCUT2D eigenvalue weighted by Gasteiger charge is -2.13. The fraction of sp³-hybridized carbons (Fsp3) is 0.267. The van der Waals surface area contributed by atoms with E-state index >= 15 is 0 Å². The van der Waals surface area contributed by atoms with Gasteiger partial charge in [0.25, 0.3) is 0 Å². The van der Waals surface area contributed by atoms with Crippen LogP contribution in [0.25, 0.3) is 17.0 Å². The van der Waals surface area contributed by atoms with E-state index in [-0.39, 0.29) is 0 Å². The van der Waals surface area contributed by atoms with Gasteiger partial charge < -0.3 is 5.32 Å². The first-order chi connectivity index (χ1) is 9.85. The van der Waals surface area contributed by atoms with Crippen LogP contribution in [0.15, 0.2) is 36.9 Å². The van der Waals surface area contributed by atoms with Gasteiger partial charge in [0, 0.05) is 24.5 Å². The molecule has 0 amide bonds. The van der Waals surface area contributed by atoms with Crippen LogP contribution in [-0.4, -0.2) is 25.9 Å². The summed E-state index contributed by atoms with van der Waals surface area (Å²) in [4.78, 5) is 13.2. The molecular formula is C15H17N5. The fourth-order valence-electron chi connectivity index (χ4n) is 2.43. The zero-order valence-electron chi connectivity index (χ0n) is 11.7. The van der Waals surface area contributed by atoms with E-state index < -0.39 is 0 Å². The van der Waals surface area contributed by atoms with Crippen LogP contribution in [0, 0.1) is 0 Å². The number of hydrogen-bond donors (Lipinski definition) is 1. The highest BCUT2D eigenvalue weighted by Crippen LogP contribution is 2.26.